The van der Waals surface area contributed by atoms with E-state index in [-0.39, 0.29) is 0 Å². The molecule has 0 radical (unpaired) electrons. The largest absolute Gasteiger partial charge is 0.337 e. The van der Waals surface area contributed by atoms with Crippen LogP contribution in [0, 0.1) is 0 Å². The molecule has 0 amide bonds. The molecule has 168 valence electrons. The van der Waals surface area contributed by atoms with E-state index in [0.29, 0.717) is 0 Å². The zero-order valence-electron chi connectivity index (χ0n) is 19.4. The lowest BCUT2D eigenvalue weighted by Crippen LogP contribution is -2.18. The van der Waals surface area contributed by atoms with Gasteiger partial charge in [-0.3, -0.25) is 0 Å². The summed E-state index contributed by atoms with van der Waals surface area (Å²) in [5.41, 5.74) is 9.20. The fourth-order valence-corrected chi connectivity index (χ4v) is 4.70. The monoisotopic (exact) mass is 451 g/mol. The Kier molecular flexibility index (Phi) is 5.65. The molecule has 0 unspecified atom stereocenters. The van der Waals surface area contributed by atoms with Gasteiger partial charge in [0, 0.05) is 28.9 Å². The summed E-state index contributed by atoms with van der Waals surface area (Å²) in [4.78, 5) is 11.3. The Hall–Kier alpha value is -4.50. The minimum atomic E-state index is 0.836. The van der Waals surface area contributed by atoms with Crippen LogP contribution in [0.15, 0.2) is 128 Å². The lowest BCUT2D eigenvalue weighted by Gasteiger charge is -2.26. The quantitative estimate of drug-likeness (QED) is 0.280. The van der Waals surface area contributed by atoms with Crippen molar-refractivity contribution in [1.82, 2.24) is 9.97 Å². The Labute approximate surface area is 205 Å². The lowest BCUT2D eigenvalue weighted by atomic mass is 10.0. The molecule has 4 aromatic carbocycles. The number of benzene rings is 4. The molecular formula is C32H25N3. The summed E-state index contributed by atoms with van der Waals surface area (Å²) in [7, 11) is 0. The first-order valence-corrected chi connectivity index (χ1v) is 11.9. The topological polar surface area (TPSA) is 29.0 Å². The van der Waals surface area contributed by atoms with Gasteiger partial charge in [-0.15, -0.1) is 0 Å². The van der Waals surface area contributed by atoms with E-state index in [1.807, 2.05) is 18.2 Å². The van der Waals surface area contributed by atoms with Crippen LogP contribution in [0.2, 0.25) is 0 Å². The SMILES string of the molecule is C1=C\Cc2ccccc2N(c2ccc(-c3ccc(-c4ncnc5ccccc45)cc3)cc2)C\C=C/1. The average molecular weight is 452 g/mol. The van der Waals surface area contributed by atoms with Gasteiger partial charge in [-0.05, 0) is 47.4 Å². The zero-order chi connectivity index (χ0) is 23.5. The molecule has 1 aromatic heterocycles. The van der Waals surface area contributed by atoms with Gasteiger partial charge < -0.3 is 4.90 Å². The van der Waals surface area contributed by atoms with E-state index in [9.17, 15) is 0 Å². The molecule has 35 heavy (non-hydrogen) atoms. The molecule has 6 rings (SSSR count). The second kappa shape index (κ2) is 9.40. The van der Waals surface area contributed by atoms with E-state index in [0.717, 1.165) is 35.1 Å². The number of aromatic nitrogens is 2. The molecule has 0 atom stereocenters. The highest BCUT2D eigenvalue weighted by Gasteiger charge is 2.13. The number of nitrogens with zero attached hydrogens (tertiary/aromatic N) is 3. The minimum Gasteiger partial charge on any atom is -0.337 e. The van der Waals surface area contributed by atoms with Crippen LogP contribution in [0.4, 0.5) is 11.4 Å². The van der Waals surface area contributed by atoms with E-state index in [2.05, 4.69) is 118 Å². The van der Waals surface area contributed by atoms with Crippen LogP contribution in [0.3, 0.4) is 0 Å². The predicted octanol–water partition coefficient (Wildman–Crippen LogP) is 7.77. The summed E-state index contributed by atoms with van der Waals surface area (Å²) in [6.07, 6.45) is 11.3. The van der Waals surface area contributed by atoms with Gasteiger partial charge in [-0.25, -0.2) is 9.97 Å². The highest BCUT2D eigenvalue weighted by Crippen LogP contribution is 2.32. The Balaban J connectivity index is 1.29. The zero-order valence-corrected chi connectivity index (χ0v) is 19.4. The maximum atomic E-state index is 4.56. The summed E-state index contributed by atoms with van der Waals surface area (Å²) in [6, 6.07) is 34.3. The summed E-state index contributed by atoms with van der Waals surface area (Å²) in [6.45, 7) is 0.836. The van der Waals surface area contributed by atoms with Crippen molar-refractivity contribution in [2.24, 2.45) is 0 Å². The molecule has 0 fully saturated rings. The Bertz CT molecular complexity index is 1520. The van der Waals surface area contributed by atoms with Gasteiger partial charge in [-0.1, -0.05) is 97.1 Å². The van der Waals surface area contributed by atoms with Crippen LogP contribution in [0.1, 0.15) is 5.56 Å². The molecule has 0 N–H and O–H groups in total. The number of fused-ring (bicyclic) bond motifs is 2. The summed E-state index contributed by atoms with van der Waals surface area (Å²) >= 11 is 0. The number of para-hydroxylation sites is 2. The third-order valence-electron chi connectivity index (χ3n) is 6.50. The number of anilines is 2. The van der Waals surface area contributed by atoms with Crippen molar-refractivity contribution in [2.75, 3.05) is 11.4 Å². The fourth-order valence-electron chi connectivity index (χ4n) is 4.70. The predicted molar refractivity (Wildman–Crippen MR) is 146 cm³/mol. The second-order valence-corrected chi connectivity index (χ2v) is 8.66. The molecule has 3 nitrogen and oxygen atoms in total. The standard InChI is InChI=1S/C32H25N3/c1-2-8-22-35(31-13-7-4-10-26(31)9-3-1)28-20-18-25(19-21-28)24-14-16-27(17-15-24)32-29-11-5-6-12-30(29)33-23-34-32/h1-8,10-21,23H,9,22H2/b3-1-,8-2-. The van der Waals surface area contributed by atoms with Crippen molar-refractivity contribution in [1.29, 1.82) is 0 Å². The first-order valence-electron chi connectivity index (χ1n) is 11.9. The highest BCUT2D eigenvalue weighted by molar-refractivity contribution is 5.92. The van der Waals surface area contributed by atoms with Crippen molar-refractivity contribution in [3.05, 3.63) is 133 Å². The maximum Gasteiger partial charge on any atom is 0.116 e. The number of hydrogen-bond donors (Lipinski definition) is 0. The fraction of sp³-hybridized carbons (Fsp3) is 0.0625. The highest BCUT2D eigenvalue weighted by atomic mass is 15.1. The second-order valence-electron chi connectivity index (χ2n) is 8.66. The lowest BCUT2D eigenvalue weighted by molar-refractivity contribution is 1.07. The van der Waals surface area contributed by atoms with Gasteiger partial charge in [0.05, 0.1) is 11.2 Å². The first-order chi connectivity index (χ1) is 17.4. The van der Waals surface area contributed by atoms with Crippen LogP contribution in [0.25, 0.3) is 33.3 Å². The van der Waals surface area contributed by atoms with Gasteiger partial charge in [0.1, 0.15) is 6.33 Å². The first kappa shape index (κ1) is 21.1. The third kappa shape index (κ3) is 4.24. The summed E-state index contributed by atoms with van der Waals surface area (Å²) in [5, 5.41) is 1.07. The van der Waals surface area contributed by atoms with Crippen molar-refractivity contribution in [2.45, 2.75) is 6.42 Å². The molecule has 1 aliphatic heterocycles. The van der Waals surface area contributed by atoms with Crippen LogP contribution in [-0.2, 0) is 6.42 Å². The Morgan fingerprint density at radius 3 is 2.14 bits per heavy atom. The van der Waals surface area contributed by atoms with Crippen molar-refractivity contribution in [3.8, 4) is 22.4 Å². The Morgan fingerprint density at radius 2 is 1.29 bits per heavy atom. The number of rotatable bonds is 3. The summed E-state index contributed by atoms with van der Waals surface area (Å²) in [5.74, 6) is 0. The molecule has 0 bridgehead atoms. The van der Waals surface area contributed by atoms with Crippen LogP contribution >= 0.6 is 0 Å². The average Bonchev–Trinajstić information content (AvgIpc) is 3.03. The van der Waals surface area contributed by atoms with Gasteiger partial charge >= 0.3 is 0 Å². The molecule has 3 heteroatoms. The molecule has 1 aliphatic rings. The van der Waals surface area contributed by atoms with Gasteiger partial charge in [0.25, 0.3) is 0 Å². The molecular weight excluding hydrogens is 426 g/mol. The van der Waals surface area contributed by atoms with E-state index < -0.39 is 0 Å². The third-order valence-corrected chi connectivity index (χ3v) is 6.50. The van der Waals surface area contributed by atoms with Crippen molar-refractivity contribution < 1.29 is 0 Å². The molecule has 0 saturated carbocycles. The van der Waals surface area contributed by atoms with Gasteiger partial charge in [0.2, 0.25) is 0 Å². The summed E-state index contributed by atoms with van der Waals surface area (Å²) < 4.78 is 0. The van der Waals surface area contributed by atoms with E-state index >= 15 is 0 Å². The smallest absolute Gasteiger partial charge is 0.116 e. The molecule has 5 aromatic rings. The van der Waals surface area contributed by atoms with Gasteiger partial charge in [-0.2, -0.15) is 0 Å². The Morgan fingerprint density at radius 1 is 0.600 bits per heavy atom. The normalized spacial score (nSPS) is 15.0. The van der Waals surface area contributed by atoms with Crippen LogP contribution in [-0.4, -0.2) is 16.5 Å². The van der Waals surface area contributed by atoms with E-state index in [1.165, 1.54) is 28.1 Å². The maximum absolute atomic E-state index is 4.56. The van der Waals surface area contributed by atoms with Crippen LogP contribution < -0.4 is 4.90 Å². The van der Waals surface area contributed by atoms with E-state index in [4.69, 9.17) is 0 Å². The van der Waals surface area contributed by atoms with Crippen molar-refractivity contribution in [3.63, 3.8) is 0 Å². The number of allylic oxidation sites excluding steroid dienone is 3. The molecule has 0 saturated heterocycles. The molecule has 2 heterocycles. The molecule has 0 aliphatic carbocycles. The minimum absolute atomic E-state index is 0.836. The van der Waals surface area contributed by atoms with Crippen LogP contribution in [0.5, 0.6) is 0 Å². The number of hydrogen-bond acceptors (Lipinski definition) is 3. The molecule has 0 spiro atoms. The van der Waals surface area contributed by atoms with E-state index in [1.54, 1.807) is 6.33 Å². The van der Waals surface area contributed by atoms with Gasteiger partial charge in [0.15, 0.2) is 0 Å². The van der Waals surface area contributed by atoms with Crippen molar-refractivity contribution >= 4 is 22.3 Å².